The number of nitro benzene ring substituents is 1. The summed E-state index contributed by atoms with van der Waals surface area (Å²) < 4.78 is 0. The van der Waals surface area contributed by atoms with Crippen LogP contribution >= 0.6 is 11.8 Å². The SMILES string of the molecule is CC1=C(C(=O)Nc2ccccc2)[C@@H](c2ccc(N(C)C)cc2)N=C(SCc2ccc([N+](=O)[O-])cc2)N1. The standard InChI is InChI=1S/C27H27N5O3S/c1-18-24(26(33)29-21-7-5-4-6-8-21)25(20-11-15-22(16-12-20)31(2)3)30-27(28-18)36-17-19-9-13-23(14-10-19)32(34)35/h4-16,25H,17H2,1-3H3,(H,28,30)(H,29,33)/t25-/m1/s1. The molecule has 1 aliphatic rings. The molecule has 0 bridgehead atoms. The summed E-state index contributed by atoms with van der Waals surface area (Å²) in [5.74, 6) is 0.366. The number of amidine groups is 1. The molecular formula is C27H27N5O3S. The van der Waals surface area contributed by atoms with Gasteiger partial charge in [0.25, 0.3) is 11.6 Å². The molecule has 3 aromatic rings. The number of hydrogen-bond donors (Lipinski definition) is 2. The Kier molecular flexibility index (Phi) is 7.70. The molecule has 1 amide bonds. The quantitative estimate of drug-likeness (QED) is 0.327. The van der Waals surface area contributed by atoms with Crippen molar-refractivity contribution in [3.63, 3.8) is 0 Å². The topological polar surface area (TPSA) is 99.9 Å². The third kappa shape index (κ3) is 5.92. The Bertz CT molecular complexity index is 1300. The molecule has 0 saturated heterocycles. The van der Waals surface area contributed by atoms with E-state index >= 15 is 0 Å². The van der Waals surface area contributed by atoms with Gasteiger partial charge in [-0.3, -0.25) is 14.9 Å². The van der Waals surface area contributed by atoms with E-state index in [0.717, 1.165) is 22.5 Å². The van der Waals surface area contributed by atoms with E-state index in [1.54, 1.807) is 12.1 Å². The van der Waals surface area contributed by atoms with Crippen molar-refractivity contribution >= 4 is 39.9 Å². The Balaban J connectivity index is 1.59. The molecule has 4 rings (SSSR count). The first kappa shape index (κ1) is 25.0. The van der Waals surface area contributed by atoms with Crippen LogP contribution in [-0.4, -0.2) is 30.1 Å². The number of aliphatic imine (C=N–C) groups is 1. The van der Waals surface area contributed by atoms with Crippen LogP contribution in [0.4, 0.5) is 17.1 Å². The summed E-state index contributed by atoms with van der Waals surface area (Å²) in [4.78, 5) is 30.8. The molecule has 0 unspecified atom stereocenters. The number of nitro groups is 1. The number of nitrogens with zero attached hydrogens (tertiary/aromatic N) is 3. The van der Waals surface area contributed by atoms with Gasteiger partial charge in [-0.15, -0.1) is 0 Å². The van der Waals surface area contributed by atoms with Crippen molar-refractivity contribution in [3.05, 3.63) is 111 Å². The van der Waals surface area contributed by atoms with E-state index in [0.29, 0.717) is 22.2 Å². The van der Waals surface area contributed by atoms with E-state index in [4.69, 9.17) is 4.99 Å². The second-order valence-electron chi connectivity index (χ2n) is 8.52. The van der Waals surface area contributed by atoms with Crippen molar-refractivity contribution in [1.29, 1.82) is 0 Å². The molecule has 1 atom stereocenters. The Morgan fingerprint density at radius 1 is 1.06 bits per heavy atom. The maximum atomic E-state index is 13.4. The van der Waals surface area contributed by atoms with Crippen LogP contribution < -0.4 is 15.5 Å². The summed E-state index contributed by atoms with van der Waals surface area (Å²) in [5, 5.41) is 17.9. The predicted octanol–water partition coefficient (Wildman–Crippen LogP) is 5.51. The molecule has 36 heavy (non-hydrogen) atoms. The summed E-state index contributed by atoms with van der Waals surface area (Å²) in [6.07, 6.45) is 0. The minimum atomic E-state index is -0.481. The molecule has 8 nitrogen and oxygen atoms in total. The molecule has 0 aliphatic carbocycles. The van der Waals surface area contributed by atoms with Gasteiger partial charge in [-0.25, -0.2) is 4.99 Å². The molecule has 1 aliphatic heterocycles. The second kappa shape index (κ2) is 11.1. The van der Waals surface area contributed by atoms with Gasteiger partial charge in [0.1, 0.15) is 6.04 Å². The van der Waals surface area contributed by atoms with Gasteiger partial charge < -0.3 is 15.5 Å². The van der Waals surface area contributed by atoms with Crippen molar-refractivity contribution in [2.75, 3.05) is 24.3 Å². The van der Waals surface area contributed by atoms with E-state index in [1.807, 2.05) is 80.5 Å². The molecular weight excluding hydrogens is 474 g/mol. The van der Waals surface area contributed by atoms with Crippen LogP contribution in [0.5, 0.6) is 0 Å². The maximum Gasteiger partial charge on any atom is 0.269 e. The van der Waals surface area contributed by atoms with Crippen molar-refractivity contribution in [2.45, 2.75) is 18.7 Å². The first-order valence-electron chi connectivity index (χ1n) is 11.4. The van der Waals surface area contributed by atoms with Crippen LogP contribution in [-0.2, 0) is 10.5 Å². The molecule has 0 saturated carbocycles. The number of carbonyl (C=O) groups is 1. The maximum absolute atomic E-state index is 13.4. The van der Waals surface area contributed by atoms with E-state index < -0.39 is 11.0 Å². The van der Waals surface area contributed by atoms with Crippen molar-refractivity contribution in [2.24, 2.45) is 4.99 Å². The fourth-order valence-corrected chi connectivity index (χ4v) is 4.70. The smallest absolute Gasteiger partial charge is 0.269 e. The van der Waals surface area contributed by atoms with Crippen LogP contribution in [0, 0.1) is 10.1 Å². The Hall–Kier alpha value is -4.11. The molecule has 9 heteroatoms. The van der Waals surface area contributed by atoms with E-state index in [9.17, 15) is 14.9 Å². The van der Waals surface area contributed by atoms with Gasteiger partial charge in [0.15, 0.2) is 5.17 Å². The third-order valence-corrected chi connectivity index (χ3v) is 6.70. The van der Waals surface area contributed by atoms with Crippen LogP contribution in [0.25, 0.3) is 0 Å². The fraction of sp³-hybridized carbons (Fsp3) is 0.185. The number of hydrogen-bond acceptors (Lipinski definition) is 7. The first-order valence-corrected chi connectivity index (χ1v) is 12.4. The zero-order valence-corrected chi connectivity index (χ0v) is 21.1. The van der Waals surface area contributed by atoms with Crippen LogP contribution in [0.2, 0.25) is 0 Å². The molecule has 3 aromatic carbocycles. The number of anilines is 2. The van der Waals surface area contributed by atoms with Gasteiger partial charge in [0.05, 0.1) is 10.5 Å². The Morgan fingerprint density at radius 3 is 2.33 bits per heavy atom. The molecule has 0 fully saturated rings. The van der Waals surface area contributed by atoms with Crippen molar-refractivity contribution < 1.29 is 9.72 Å². The van der Waals surface area contributed by atoms with Gasteiger partial charge in [0, 0.05) is 49.1 Å². The lowest BCUT2D eigenvalue weighted by Gasteiger charge is -2.27. The number of carbonyl (C=O) groups excluding carboxylic acids is 1. The molecule has 1 heterocycles. The summed E-state index contributed by atoms with van der Waals surface area (Å²) in [5.41, 5.74) is 4.96. The number of benzene rings is 3. The highest BCUT2D eigenvalue weighted by Gasteiger charge is 2.29. The van der Waals surface area contributed by atoms with E-state index in [1.165, 1.54) is 23.9 Å². The second-order valence-corrected chi connectivity index (χ2v) is 9.48. The monoisotopic (exact) mass is 501 g/mol. The van der Waals surface area contributed by atoms with Gasteiger partial charge in [-0.1, -0.05) is 54.2 Å². The number of para-hydroxylation sites is 1. The summed E-state index contributed by atoms with van der Waals surface area (Å²) >= 11 is 1.49. The number of rotatable bonds is 7. The lowest BCUT2D eigenvalue weighted by atomic mass is 9.95. The zero-order chi connectivity index (χ0) is 25.7. The first-order chi connectivity index (χ1) is 17.3. The van der Waals surface area contributed by atoms with Crippen LogP contribution in [0.1, 0.15) is 24.1 Å². The number of non-ortho nitro benzene ring substituents is 1. The Labute approximate surface area is 214 Å². The van der Waals surface area contributed by atoms with Gasteiger partial charge >= 0.3 is 0 Å². The Morgan fingerprint density at radius 2 is 1.72 bits per heavy atom. The highest BCUT2D eigenvalue weighted by atomic mass is 32.2. The molecule has 2 N–H and O–H groups in total. The summed E-state index contributed by atoms with van der Waals surface area (Å²) in [7, 11) is 3.96. The molecule has 0 aromatic heterocycles. The van der Waals surface area contributed by atoms with Crippen molar-refractivity contribution in [1.82, 2.24) is 5.32 Å². The van der Waals surface area contributed by atoms with E-state index in [-0.39, 0.29) is 11.6 Å². The average Bonchev–Trinajstić information content (AvgIpc) is 2.88. The average molecular weight is 502 g/mol. The molecule has 0 spiro atoms. The summed E-state index contributed by atoms with van der Waals surface area (Å²) in [6, 6.07) is 23.4. The fourth-order valence-electron chi connectivity index (χ4n) is 3.80. The minimum Gasteiger partial charge on any atom is -0.378 e. The third-order valence-electron chi connectivity index (χ3n) is 5.74. The number of amides is 1. The van der Waals surface area contributed by atoms with Gasteiger partial charge in [0.2, 0.25) is 0 Å². The molecule has 0 radical (unpaired) electrons. The lowest BCUT2D eigenvalue weighted by molar-refractivity contribution is -0.384. The molecule has 184 valence electrons. The highest BCUT2D eigenvalue weighted by molar-refractivity contribution is 8.13. The van der Waals surface area contributed by atoms with Gasteiger partial charge in [-0.2, -0.15) is 0 Å². The number of nitrogens with one attached hydrogen (secondary N) is 2. The highest BCUT2D eigenvalue weighted by Crippen LogP contribution is 2.34. The van der Waals surface area contributed by atoms with Gasteiger partial charge in [-0.05, 0) is 42.3 Å². The minimum absolute atomic E-state index is 0.0611. The lowest BCUT2D eigenvalue weighted by Crippen LogP contribution is -2.32. The normalized spacial score (nSPS) is 15.1. The van der Waals surface area contributed by atoms with E-state index in [2.05, 4.69) is 10.6 Å². The summed E-state index contributed by atoms with van der Waals surface area (Å²) in [6.45, 7) is 1.88. The number of allylic oxidation sites excluding steroid dienone is 1. The van der Waals surface area contributed by atoms with Crippen molar-refractivity contribution in [3.8, 4) is 0 Å². The van der Waals surface area contributed by atoms with Crippen LogP contribution in [0.3, 0.4) is 0 Å². The predicted molar refractivity (Wildman–Crippen MR) is 146 cm³/mol. The van der Waals surface area contributed by atoms with Crippen LogP contribution in [0.15, 0.2) is 95.1 Å². The number of thioether (sulfide) groups is 1. The largest absolute Gasteiger partial charge is 0.378 e. The zero-order valence-electron chi connectivity index (χ0n) is 20.3.